The second-order valence-corrected chi connectivity index (χ2v) is 4.37. The number of benzene rings is 1. The van der Waals surface area contributed by atoms with Crippen LogP contribution in [0.4, 0.5) is 4.79 Å². The average Bonchev–Trinajstić information content (AvgIpc) is 2.80. The minimum Gasteiger partial charge on any atom is -0.497 e. The molecule has 0 fully saturated rings. The average molecular weight is 275 g/mol. The first-order chi connectivity index (χ1) is 9.60. The van der Waals surface area contributed by atoms with E-state index >= 15 is 0 Å². The third kappa shape index (κ3) is 3.28. The largest absolute Gasteiger partial charge is 0.497 e. The molecule has 0 aliphatic heterocycles. The fourth-order valence-electron chi connectivity index (χ4n) is 1.94. The molecule has 1 amide bonds. The van der Waals surface area contributed by atoms with Crippen LogP contribution in [0.2, 0.25) is 0 Å². The predicted octanol–water partition coefficient (Wildman–Crippen LogP) is 1.91. The molecular weight excluding hydrogens is 258 g/mol. The molecule has 0 aliphatic rings. The highest BCUT2D eigenvalue weighted by Crippen LogP contribution is 2.22. The Kier molecular flexibility index (Phi) is 4.24. The maximum Gasteiger partial charge on any atom is 0.404 e. The van der Waals surface area contributed by atoms with E-state index < -0.39 is 6.09 Å². The molecule has 1 aromatic heterocycles. The molecular formula is C14H17N3O3. The van der Waals surface area contributed by atoms with E-state index in [2.05, 4.69) is 10.3 Å². The number of carboxylic acid groups (broad SMARTS) is 1. The lowest BCUT2D eigenvalue weighted by Gasteiger charge is -2.01. The van der Waals surface area contributed by atoms with Crippen molar-refractivity contribution < 1.29 is 14.6 Å². The number of aromatic nitrogens is 2. The van der Waals surface area contributed by atoms with Gasteiger partial charge in [0.15, 0.2) is 0 Å². The minimum absolute atomic E-state index is 0.345. The van der Waals surface area contributed by atoms with Gasteiger partial charge in [-0.1, -0.05) is 12.1 Å². The highest BCUT2D eigenvalue weighted by Gasteiger charge is 2.08. The van der Waals surface area contributed by atoms with Crippen molar-refractivity contribution in [2.24, 2.45) is 7.05 Å². The lowest BCUT2D eigenvalue weighted by molar-refractivity contribution is 0.194. The Hall–Kier alpha value is -2.50. The molecule has 0 radical (unpaired) electrons. The molecule has 20 heavy (non-hydrogen) atoms. The first kappa shape index (κ1) is 13.9. The monoisotopic (exact) mass is 275 g/mol. The molecule has 2 N–H and O–H groups in total. The predicted molar refractivity (Wildman–Crippen MR) is 74.9 cm³/mol. The van der Waals surface area contributed by atoms with Gasteiger partial charge >= 0.3 is 6.09 Å². The van der Waals surface area contributed by atoms with Crippen molar-refractivity contribution in [3.05, 3.63) is 36.3 Å². The maximum atomic E-state index is 10.4. The highest BCUT2D eigenvalue weighted by atomic mass is 16.5. The fraction of sp³-hybridized carbons (Fsp3) is 0.286. The van der Waals surface area contributed by atoms with Crippen molar-refractivity contribution in [2.75, 3.05) is 13.7 Å². The molecule has 0 atom stereocenters. The van der Waals surface area contributed by atoms with E-state index in [-0.39, 0.29) is 0 Å². The number of carbonyl (C=O) groups is 1. The molecule has 0 aliphatic carbocycles. The van der Waals surface area contributed by atoms with Gasteiger partial charge in [0.05, 0.1) is 12.8 Å². The SMILES string of the molecule is COc1cccc(-c2cn(C)c(CCNC(=O)O)n2)c1. The van der Waals surface area contributed by atoms with E-state index in [1.165, 1.54) is 0 Å². The van der Waals surface area contributed by atoms with Crippen molar-refractivity contribution in [2.45, 2.75) is 6.42 Å². The number of nitrogens with one attached hydrogen (secondary N) is 1. The molecule has 1 heterocycles. The Labute approximate surface area is 117 Å². The van der Waals surface area contributed by atoms with E-state index in [4.69, 9.17) is 9.84 Å². The van der Waals surface area contributed by atoms with E-state index in [1.54, 1.807) is 7.11 Å². The number of amides is 1. The van der Waals surface area contributed by atoms with Crippen molar-refractivity contribution in [3.63, 3.8) is 0 Å². The van der Waals surface area contributed by atoms with Gasteiger partial charge in [0.1, 0.15) is 11.6 Å². The van der Waals surface area contributed by atoms with E-state index in [9.17, 15) is 4.79 Å². The summed E-state index contributed by atoms with van der Waals surface area (Å²) < 4.78 is 7.10. The van der Waals surface area contributed by atoms with Gasteiger partial charge < -0.3 is 19.7 Å². The van der Waals surface area contributed by atoms with Gasteiger partial charge in [-0.15, -0.1) is 0 Å². The van der Waals surface area contributed by atoms with Gasteiger partial charge in [-0.25, -0.2) is 9.78 Å². The highest BCUT2D eigenvalue weighted by molar-refractivity contribution is 5.64. The molecule has 2 aromatic rings. The topological polar surface area (TPSA) is 76.4 Å². The molecule has 106 valence electrons. The Bertz CT molecular complexity index is 607. The van der Waals surface area contributed by atoms with Gasteiger partial charge in [0.25, 0.3) is 0 Å². The summed E-state index contributed by atoms with van der Waals surface area (Å²) in [4.78, 5) is 14.9. The molecule has 0 unspecified atom stereocenters. The van der Waals surface area contributed by atoms with Gasteiger partial charge in [0, 0.05) is 31.8 Å². The van der Waals surface area contributed by atoms with Crippen molar-refractivity contribution in [3.8, 4) is 17.0 Å². The zero-order valence-electron chi connectivity index (χ0n) is 11.5. The molecule has 6 nitrogen and oxygen atoms in total. The lowest BCUT2D eigenvalue weighted by atomic mass is 10.1. The van der Waals surface area contributed by atoms with Crippen LogP contribution in [-0.2, 0) is 13.5 Å². The second kappa shape index (κ2) is 6.10. The number of hydrogen-bond acceptors (Lipinski definition) is 3. The number of rotatable bonds is 5. The summed E-state index contributed by atoms with van der Waals surface area (Å²) in [7, 11) is 3.52. The molecule has 0 spiro atoms. The molecule has 2 rings (SSSR count). The van der Waals surface area contributed by atoms with Crippen LogP contribution < -0.4 is 10.1 Å². The fourth-order valence-corrected chi connectivity index (χ4v) is 1.94. The van der Waals surface area contributed by atoms with Crippen LogP contribution in [0.3, 0.4) is 0 Å². The summed E-state index contributed by atoms with van der Waals surface area (Å²) in [6.45, 7) is 0.345. The molecule has 0 saturated heterocycles. The van der Waals surface area contributed by atoms with Crippen LogP contribution in [-0.4, -0.2) is 34.4 Å². The summed E-state index contributed by atoms with van der Waals surface area (Å²) >= 11 is 0. The third-order valence-electron chi connectivity index (χ3n) is 2.96. The van der Waals surface area contributed by atoms with E-state index in [1.807, 2.05) is 42.1 Å². The van der Waals surface area contributed by atoms with Crippen LogP contribution in [0.5, 0.6) is 5.75 Å². The minimum atomic E-state index is -1.02. The number of aryl methyl sites for hydroxylation is 1. The summed E-state index contributed by atoms with van der Waals surface area (Å²) in [5.74, 6) is 1.61. The first-order valence-corrected chi connectivity index (χ1v) is 6.23. The summed E-state index contributed by atoms with van der Waals surface area (Å²) in [6, 6.07) is 7.67. The Morgan fingerprint density at radius 3 is 3.00 bits per heavy atom. The van der Waals surface area contributed by atoms with Crippen LogP contribution in [0, 0.1) is 0 Å². The number of methoxy groups -OCH3 is 1. The van der Waals surface area contributed by atoms with E-state index in [0.29, 0.717) is 13.0 Å². The zero-order chi connectivity index (χ0) is 14.5. The van der Waals surface area contributed by atoms with Gasteiger partial charge in [-0.3, -0.25) is 0 Å². The van der Waals surface area contributed by atoms with Crippen LogP contribution in [0.1, 0.15) is 5.82 Å². The Balaban J connectivity index is 2.15. The van der Waals surface area contributed by atoms with Crippen LogP contribution in [0.15, 0.2) is 30.5 Å². The lowest BCUT2D eigenvalue weighted by Crippen LogP contribution is -2.24. The number of hydrogen-bond donors (Lipinski definition) is 2. The molecule has 0 saturated carbocycles. The zero-order valence-corrected chi connectivity index (χ0v) is 11.5. The van der Waals surface area contributed by atoms with Crippen LogP contribution >= 0.6 is 0 Å². The Morgan fingerprint density at radius 2 is 2.30 bits per heavy atom. The smallest absolute Gasteiger partial charge is 0.404 e. The standard InChI is InChI=1S/C14H17N3O3/c1-17-9-12(10-4-3-5-11(8-10)20-2)16-13(17)6-7-15-14(18)19/h3-5,8-9,15H,6-7H2,1-2H3,(H,18,19). The van der Waals surface area contributed by atoms with Crippen LogP contribution in [0.25, 0.3) is 11.3 Å². The second-order valence-electron chi connectivity index (χ2n) is 4.37. The number of imidazole rings is 1. The molecule has 6 heteroatoms. The molecule has 1 aromatic carbocycles. The first-order valence-electron chi connectivity index (χ1n) is 6.23. The van der Waals surface area contributed by atoms with E-state index in [0.717, 1.165) is 22.8 Å². The van der Waals surface area contributed by atoms with Gasteiger partial charge in [-0.05, 0) is 12.1 Å². The quantitative estimate of drug-likeness (QED) is 0.874. The summed E-state index contributed by atoms with van der Waals surface area (Å²) in [5, 5.41) is 10.9. The molecule has 0 bridgehead atoms. The third-order valence-corrected chi connectivity index (χ3v) is 2.96. The maximum absolute atomic E-state index is 10.4. The summed E-state index contributed by atoms with van der Waals surface area (Å²) in [6.07, 6.45) is 1.45. The van der Waals surface area contributed by atoms with Crippen molar-refractivity contribution >= 4 is 6.09 Å². The number of ether oxygens (including phenoxy) is 1. The van der Waals surface area contributed by atoms with Gasteiger partial charge in [0.2, 0.25) is 0 Å². The van der Waals surface area contributed by atoms with Crippen molar-refractivity contribution in [1.82, 2.24) is 14.9 Å². The Morgan fingerprint density at radius 1 is 1.50 bits per heavy atom. The summed E-state index contributed by atoms with van der Waals surface area (Å²) in [5.41, 5.74) is 1.81. The number of nitrogens with zero attached hydrogens (tertiary/aromatic N) is 2. The normalized spacial score (nSPS) is 10.3. The van der Waals surface area contributed by atoms with Gasteiger partial charge in [-0.2, -0.15) is 0 Å². The van der Waals surface area contributed by atoms with Crippen molar-refractivity contribution in [1.29, 1.82) is 0 Å².